The number of hydrogen-bond acceptors (Lipinski definition) is 4. The van der Waals surface area contributed by atoms with Crippen molar-refractivity contribution >= 4 is 34.2 Å². The number of ether oxygens (including phenoxy) is 1. The van der Waals surface area contributed by atoms with Gasteiger partial charge in [0.1, 0.15) is 10.8 Å². The number of nitrogens with zero attached hydrogens (tertiary/aromatic N) is 1. The number of benzene rings is 2. The van der Waals surface area contributed by atoms with Gasteiger partial charge in [-0.1, -0.05) is 53.7 Å². The largest absolute Gasteiger partial charge is 0.474 e. The molecule has 108 valence electrons. The van der Waals surface area contributed by atoms with Crippen LogP contribution in [-0.2, 0) is 0 Å². The third kappa shape index (κ3) is 2.25. The fourth-order valence-corrected chi connectivity index (χ4v) is 3.61. The van der Waals surface area contributed by atoms with E-state index in [9.17, 15) is 4.79 Å². The molecule has 0 saturated carbocycles. The quantitative estimate of drug-likeness (QED) is 0.783. The summed E-state index contributed by atoms with van der Waals surface area (Å²) in [7, 11) is 0. The molecule has 2 aromatic rings. The Kier molecular flexibility index (Phi) is 3.28. The lowest BCUT2D eigenvalue weighted by molar-refractivity contribution is 0.0991. The molecule has 0 saturated heterocycles. The highest BCUT2D eigenvalue weighted by atomic mass is 35.5. The number of rotatable bonds is 1. The minimum atomic E-state index is -0.383. The topological polar surface area (TPSA) is 38.7 Å². The van der Waals surface area contributed by atoms with E-state index in [1.165, 1.54) is 11.8 Å². The first-order valence-electron chi connectivity index (χ1n) is 6.73. The zero-order chi connectivity index (χ0) is 15.1. The summed E-state index contributed by atoms with van der Waals surface area (Å²) >= 11 is 7.42. The van der Waals surface area contributed by atoms with Crippen molar-refractivity contribution in [2.45, 2.75) is 5.44 Å². The molecule has 0 bridgehead atoms. The highest BCUT2D eigenvalue weighted by Gasteiger charge is 2.35. The minimum absolute atomic E-state index is 0.0497. The average molecular weight is 328 g/mol. The van der Waals surface area contributed by atoms with Crippen LogP contribution in [0.5, 0.6) is 5.75 Å². The molecule has 2 aliphatic rings. The SMILES string of the molecule is O=C1C2=CN=C(c3ccccc3)SC2Oc2cc(Cl)ccc21. The van der Waals surface area contributed by atoms with E-state index >= 15 is 0 Å². The monoisotopic (exact) mass is 327 g/mol. The van der Waals surface area contributed by atoms with E-state index in [2.05, 4.69) is 4.99 Å². The van der Waals surface area contributed by atoms with Gasteiger partial charge >= 0.3 is 0 Å². The second kappa shape index (κ2) is 5.30. The predicted octanol–water partition coefficient (Wildman–Crippen LogP) is 4.32. The molecule has 0 fully saturated rings. The fraction of sp³-hybridized carbons (Fsp3) is 0.0588. The Morgan fingerprint density at radius 2 is 1.95 bits per heavy atom. The number of hydrogen-bond donors (Lipinski definition) is 0. The van der Waals surface area contributed by atoms with Crippen LogP contribution in [-0.4, -0.2) is 16.3 Å². The highest BCUT2D eigenvalue weighted by molar-refractivity contribution is 8.15. The number of Topliss-reactive ketones (excluding diaryl/α,β-unsaturated/α-hetero) is 1. The van der Waals surface area contributed by atoms with Crippen LogP contribution in [0.1, 0.15) is 15.9 Å². The van der Waals surface area contributed by atoms with E-state index in [4.69, 9.17) is 16.3 Å². The summed E-state index contributed by atoms with van der Waals surface area (Å²) in [6, 6.07) is 14.9. The van der Waals surface area contributed by atoms with Gasteiger partial charge in [0.2, 0.25) is 0 Å². The Bertz CT molecular complexity index is 830. The molecule has 2 heterocycles. The molecule has 0 aromatic heterocycles. The first-order chi connectivity index (χ1) is 10.7. The predicted molar refractivity (Wildman–Crippen MR) is 88.9 cm³/mol. The Morgan fingerprint density at radius 1 is 1.14 bits per heavy atom. The number of fused-ring (bicyclic) bond motifs is 2. The van der Waals surface area contributed by atoms with E-state index in [1.807, 2.05) is 30.3 Å². The van der Waals surface area contributed by atoms with E-state index in [0.717, 1.165) is 10.6 Å². The summed E-state index contributed by atoms with van der Waals surface area (Å²) < 4.78 is 5.95. The molecular formula is C17H10ClNO2S. The molecular weight excluding hydrogens is 318 g/mol. The Labute approximate surface area is 136 Å². The van der Waals surface area contributed by atoms with Crippen LogP contribution in [0.15, 0.2) is 65.3 Å². The maximum Gasteiger partial charge on any atom is 0.198 e. The first-order valence-corrected chi connectivity index (χ1v) is 7.99. The Balaban J connectivity index is 1.74. The van der Waals surface area contributed by atoms with Crippen molar-refractivity contribution in [3.8, 4) is 5.75 Å². The van der Waals surface area contributed by atoms with Crippen LogP contribution in [0.25, 0.3) is 0 Å². The Hall–Kier alpha value is -2.04. The van der Waals surface area contributed by atoms with Crippen LogP contribution in [0.4, 0.5) is 0 Å². The van der Waals surface area contributed by atoms with E-state index in [-0.39, 0.29) is 11.2 Å². The molecule has 22 heavy (non-hydrogen) atoms. The van der Waals surface area contributed by atoms with Crippen LogP contribution in [0, 0.1) is 0 Å². The normalized spacial score (nSPS) is 19.5. The van der Waals surface area contributed by atoms with Crippen molar-refractivity contribution in [1.29, 1.82) is 0 Å². The fourth-order valence-electron chi connectivity index (χ4n) is 2.41. The van der Waals surface area contributed by atoms with Gasteiger partial charge in [-0.25, -0.2) is 4.99 Å². The number of ketones is 1. The lowest BCUT2D eigenvalue weighted by Crippen LogP contribution is -2.30. The third-order valence-corrected chi connectivity index (χ3v) is 4.86. The second-order valence-electron chi connectivity index (χ2n) is 4.92. The summed E-state index contributed by atoms with van der Waals surface area (Å²) in [5, 5.41) is 1.39. The van der Waals surface area contributed by atoms with Gasteiger partial charge in [-0.3, -0.25) is 4.79 Å². The lowest BCUT2D eigenvalue weighted by atomic mass is 10.0. The van der Waals surface area contributed by atoms with Crippen molar-refractivity contribution in [1.82, 2.24) is 0 Å². The number of carbonyl (C=O) groups is 1. The van der Waals surface area contributed by atoms with Gasteiger partial charge in [-0.2, -0.15) is 0 Å². The maximum absolute atomic E-state index is 12.5. The Morgan fingerprint density at radius 3 is 2.77 bits per heavy atom. The summed E-state index contributed by atoms with van der Waals surface area (Å²) in [5.74, 6) is 0.479. The van der Waals surface area contributed by atoms with Gasteiger partial charge in [-0.05, 0) is 18.2 Å². The van der Waals surface area contributed by atoms with Crippen molar-refractivity contribution in [3.05, 3.63) is 76.5 Å². The standard InChI is InChI=1S/C17H10ClNO2S/c18-11-6-7-12-14(8-11)21-17-13(15(12)20)9-19-16(22-17)10-4-2-1-3-5-10/h1-9,17H. The molecule has 5 heteroatoms. The van der Waals surface area contributed by atoms with Crippen molar-refractivity contribution in [2.75, 3.05) is 0 Å². The summed E-state index contributed by atoms with van der Waals surface area (Å²) in [6.07, 6.45) is 1.61. The van der Waals surface area contributed by atoms with Crippen LogP contribution < -0.4 is 4.74 Å². The number of thioether (sulfide) groups is 1. The third-order valence-electron chi connectivity index (χ3n) is 3.50. The first kappa shape index (κ1) is 13.6. The molecule has 0 amide bonds. The van der Waals surface area contributed by atoms with E-state index < -0.39 is 0 Å². The highest BCUT2D eigenvalue weighted by Crippen LogP contribution is 2.39. The average Bonchev–Trinajstić information content (AvgIpc) is 2.55. The molecule has 2 aromatic carbocycles. The molecule has 0 aliphatic carbocycles. The molecule has 1 atom stereocenters. The molecule has 0 N–H and O–H groups in total. The number of aliphatic imine (C=N–C) groups is 1. The van der Waals surface area contributed by atoms with Crippen LogP contribution in [0.2, 0.25) is 5.02 Å². The molecule has 3 nitrogen and oxygen atoms in total. The van der Waals surface area contributed by atoms with Gasteiger partial charge in [0.15, 0.2) is 11.2 Å². The molecule has 0 radical (unpaired) electrons. The van der Waals surface area contributed by atoms with Crippen LogP contribution >= 0.6 is 23.4 Å². The smallest absolute Gasteiger partial charge is 0.198 e. The summed E-state index contributed by atoms with van der Waals surface area (Å²) in [6.45, 7) is 0. The zero-order valence-corrected chi connectivity index (χ0v) is 12.9. The van der Waals surface area contributed by atoms with Crippen LogP contribution in [0.3, 0.4) is 0 Å². The van der Waals surface area contributed by atoms with E-state index in [1.54, 1.807) is 24.4 Å². The summed E-state index contributed by atoms with van der Waals surface area (Å²) in [4.78, 5) is 16.9. The lowest BCUT2D eigenvalue weighted by Gasteiger charge is -2.29. The minimum Gasteiger partial charge on any atom is -0.474 e. The van der Waals surface area contributed by atoms with Gasteiger partial charge < -0.3 is 4.74 Å². The van der Waals surface area contributed by atoms with Gasteiger partial charge in [0.25, 0.3) is 0 Å². The zero-order valence-electron chi connectivity index (χ0n) is 11.3. The maximum atomic E-state index is 12.5. The van der Waals surface area contributed by atoms with Crippen molar-refractivity contribution in [3.63, 3.8) is 0 Å². The second-order valence-corrected chi connectivity index (χ2v) is 6.41. The van der Waals surface area contributed by atoms with Gasteiger partial charge in [-0.15, -0.1) is 0 Å². The van der Waals surface area contributed by atoms with Gasteiger partial charge in [0, 0.05) is 16.8 Å². The molecule has 1 unspecified atom stereocenters. The molecule has 0 spiro atoms. The summed E-state index contributed by atoms with van der Waals surface area (Å²) in [5.41, 5.74) is 1.73. The number of halogens is 1. The van der Waals surface area contributed by atoms with Crippen molar-refractivity contribution < 1.29 is 9.53 Å². The van der Waals surface area contributed by atoms with Crippen molar-refractivity contribution in [2.24, 2.45) is 4.99 Å². The number of carbonyl (C=O) groups excluding carboxylic acids is 1. The van der Waals surface area contributed by atoms with Gasteiger partial charge in [0.05, 0.1) is 11.1 Å². The molecule has 4 rings (SSSR count). The van der Waals surface area contributed by atoms with E-state index in [0.29, 0.717) is 21.9 Å². The molecule has 2 aliphatic heterocycles.